The molecular weight excluding hydrogens is 312 g/mol. The fourth-order valence-corrected chi connectivity index (χ4v) is 2.21. The average molecular weight is 347 g/mol. The number of nitrogens with one attached hydrogen (secondary N) is 3. The number of amides is 1. The molecule has 3 N–H and O–H groups in total. The van der Waals surface area contributed by atoms with E-state index in [0.29, 0.717) is 18.0 Å². The van der Waals surface area contributed by atoms with E-state index in [1.807, 2.05) is 31.2 Å². The van der Waals surface area contributed by atoms with Crippen molar-refractivity contribution in [1.29, 1.82) is 0 Å². The van der Waals surface area contributed by atoms with E-state index >= 15 is 0 Å². The van der Waals surface area contributed by atoms with E-state index in [9.17, 15) is 4.79 Å². The molecule has 25 heavy (non-hydrogen) atoms. The van der Waals surface area contributed by atoms with E-state index in [1.165, 1.54) is 0 Å². The molecular formula is C20H34N4O. The maximum absolute atomic E-state index is 12.2. The van der Waals surface area contributed by atoms with Crippen LogP contribution < -0.4 is 16.0 Å². The molecule has 0 aliphatic heterocycles. The van der Waals surface area contributed by atoms with Gasteiger partial charge >= 0.3 is 0 Å². The zero-order chi connectivity index (χ0) is 18.7. The molecule has 0 fully saturated rings. The molecule has 1 atom stereocenters. The summed E-state index contributed by atoms with van der Waals surface area (Å²) in [4.78, 5) is 16.9. The minimum atomic E-state index is -0.0258. The minimum Gasteiger partial charge on any atom is -0.357 e. The van der Waals surface area contributed by atoms with Crippen LogP contribution in [0, 0.1) is 5.92 Å². The number of nitrogens with zero attached hydrogens (tertiary/aromatic N) is 1. The second-order valence-electron chi connectivity index (χ2n) is 6.79. The van der Waals surface area contributed by atoms with Crippen LogP contribution in [0.3, 0.4) is 0 Å². The van der Waals surface area contributed by atoms with Gasteiger partial charge in [-0.3, -0.25) is 4.79 Å². The standard InChI is InChI=1S/C20H34N4O/c1-6-16(5)24-19(25)18-10-8-9-17(13-18)14-23-20(21-7-2)22-12-11-15(3)4/h8-10,13,15-16H,6-7,11-12,14H2,1-5H3,(H,24,25)(H2,21,22,23). The molecule has 0 saturated heterocycles. The summed E-state index contributed by atoms with van der Waals surface area (Å²) in [5, 5.41) is 9.61. The van der Waals surface area contributed by atoms with Gasteiger partial charge in [0.15, 0.2) is 5.96 Å². The fraction of sp³-hybridized carbons (Fsp3) is 0.600. The third kappa shape index (κ3) is 8.57. The van der Waals surface area contributed by atoms with Crippen LogP contribution >= 0.6 is 0 Å². The predicted octanol–water partition coefficient (Wildman–Crippen LogP) is 3.32. The average Bonchev–Trinajstić information content (AvgIpc) is 2.59. The first kappa shape index (κ1) is 21.0. The second kappa shape index (κ2) is 11.5. The van der Waals surface area contributed by atoms with Crippen LogP contribution in [0.15, 0.2) is 29.3 Å². The molecule has 0 spiro atoms. The summed E-state index contributed by atoms with van der Waals surface area (Å²) in [6.45, 7) is 12.8. The van der Waals surface area contributed by atoms with Crippen molar-refractivity contribution in [3.05, 3.63) is 35.4 Å². The summed E-state index contributed by atoms with van der Waals surface area (Å²) in [6.07, 6.45) is 2.03. The first-order valence-corrected chi connectivity index (χ1v) is 9.38. The van der Waals surface area contributed by atoms with E-state index in [2.05, 4.69) is 48.6 Å². The number of guanidine groups is 1. The van der Waals surface area contributed by atoms with Gasteiger partial charge in [0.2, 0.25) is 0 Å². The normalized spacial score (nSPS) is 12.8. The molecule has 0 aliphatic carbocycles. The molecule has 0 saturated carbocycles. The van der Waals surface area contributed by atoms with Gasteiger partial charge in [0.1, 0.15) is 0 Å². The van der Waals surface area contributed by atoms with Crippen molar-refractivity contribution in [3.8, 4) is 0 Å². The highest BCUT2D eigenvalue weighted by Gasteiger charge is 2.09. The maximum Gasteiger partial charge on any atom is 0.251 e. The third-order valence-corrected chi connectivity index (χ3v) is 3.96. The molecule has 0 bridgehead atoms. The molecule has 0 aromatic heterocycles. The molecule has 1 rings (SSSR count). The van der Waals surface area contributed by atoms with Gasteiger partial charge in [0.05, 0.1) is 6.54 Å². The molecule has 1 aromatic carbocycles. The Bertz CT molecular complexity index is 554. The summed E-state index contributed by atoms with van der Waals surface area (Å²) < 4.78 is 0. The van der Waals surface area contributed by atoms with E-state index in [1.54, 1.807) is 0 Å². The molecule has 5 nitrogen and oxygen atoms in total. The van der Waals surface area contributed by atoms with Crippen molar-refractivity contribution in [3.63, 3.8) is 0 Å². The molecule has 0 aliphatic rings. The number of rotatable bonds is 9. The summed E-state index contributed by atoms with van der Waals surface area (Å²) in [5.41, 5.74) is 1.71. The lowest BCUT2D eigenvalue weighted by molar-refractivity contribution is 0.0939. The van der Waals surface area contributed by atoms with Gasteiger partial charge < -0.3 is 16.0 Å². The smallest absolute Gasteiger partial charge is 0.251 e. The Morgan fingerprint density at radius 3 is 2.56 bits per heavy atom. The SMILES string of the molecule is CCNC(=NCc1cccc(C(=O)NC(C)CC)c1)NCCC(C)C. The Balaban J connectivity index is 2.69. The highest BCUT2D eigenvalue weighted by atomic mass is 16.1. The molecule has 1 unspecified atom stereocenters. The van der Waals surface area contributed by atoms with Crippen LogP contribution in [0.1, 0.15) is 63.4 Å². The fourth-order valence-electron chi connectivity index (χ4n) is 2.21. The Labute approximate surface area is 152 Å². The predicted molar refractivity (Wildman–Crippen MR) is 106 cm³/mol. The quantitative estimate of drug-likeness (QED) is 0.475. The first-order chi connectivity index (χ1) is 12.0. The Morgan fingerprint density at radius 2 is 1.92 bits per heavy atom. The van der Waals surface area contributed by atoms with Crippen LogP contribution in [0.5, 0.6) is 0 Å². The Morgan fingerprint density at radius 1 is 1.16 bits per heavy atom. The minimum absolute atomic E-state index is 0.0258. The largest absolute Gasteiger partial charge is 0.357 e. The van der Waals surface area contributed by atoms with Crippen molar-refractivity contribution in [2.75, 3.05) is 13.1 Å². The van der Waals surface area contributed by atoms with Gasteiger partial charge in [0.25, 0.3) is 5.91 Å². The van der Waals surface area contributed by atoms with E-state index in [-0.39, 0.29) is 11.9 Å². The number of carbonyl (C=O) groups is 1. The summed E-state index contributed by atoms with van der Waals surface area (Å²) >= 11 is 0. The molecule has 1 aromatic rings. The van der Waals surface area contributed by atoms with Gasteiger partial charge in [-0.2, -0.15) is 0 Å². The van der Waals surface area contributed by atoms with Gasteiger partial charge in [0, 0.05) is 24.7 Å². The van der Waals surface area contributed by atoms with E-state index in [0.717, 1.165) is 37.5 Å². The lowest BCUT2D eigenvalue weighted by atomic mass is 10.1. The summed E-state index contributed by atoms with van der Waals surface area (Å²) in [7, 11) is 0. The van der Waals surface area contributed by atoms with Crippen molar-refractivity contribution in [1.82, 2.24) is 16.0 Å². The first-order valence-electron chi connectivity index (χ1n) is 9.38. The van der Waals surface area contributed by atoms with E-state index < -0.39 is 0 Å². The van der Waals surface area contributed by atoms with Crippen molar-refractivity contribution >= 4 is 11.9 Å². The maximum atomic E-state index is 12.2. The van der Waals surface area contributed by atoms with Crippen LogP contribution in [-0.2, 0) is 6.54 Å². The third-order valence-electron chi connectivity index (χ3n) is 3.96. The second-order valence-corrected chi connectivity index (χ2v) is 6.79. The number of carbonyl (C=O) groups excluding carboxylic acids is 1. The van der Waals surface area contributed by atoms with Crippen molar-refractivity contribution in [2.45, 2.75) is 60.0 Å². The monoisotopic (exact) mass is 346 g/mol. The molecule has 1 amide bonds. The molecule has 0 radical (unpaired) electrons. The zero-order valence-corrected chi connectivity index (χ0v) is 16.4. The van der Waals surface area contributed by atoms with Crippen molar-refractivity contribution in [2.24, 2.45) is 10.9 Å². The van der Waals surface area contributed by atoms with Gasteiger partial charge in [-0.25, -0.2) is 4.99 Å². The number of hydrogen-bond acceptors (Lipinski definition) is 2. The number of aliphatic imine (C=N–C) groups is 1. The topological polar surface area (TPSA) is 65.5 Å². The number of benzene rings is 1. The highest BCUT2D eigenvalue weighted by molar-refractivity contribution is 5.94. The van der Waals surface area contributed by atoms with Gasteiger partial charge in [-0.15, -0.1) is 0 Å². The lowest BCUT2D eigenvalue weighted by Crippen LogP contribution is -2.38. The van der Waals surface area contributed by atoms with Crippen LogP contribution in [0.2, 0.25) is 0 Å². The lowest BCUT2D eigenvalue weighted by Gasteiger charge is -2.13. The summed E-state index contributed by atoms with van der Waals surface area (Å²) in [5.74, 6) is 1.45. The Hall–Kier alpha value is -2.04. The molecule has 140 valence electrons. The highest BCUT2D eigenvalue weighted by Crippen LogP contribution is 2.07. The van der Waals surface area contributed by atoms with Crippen LogP contribution in [-0.4, -0.2) is 31.0 Å². The summed E-state index contributed by atoms with van der Waals surface area (Å²) in [6, 6.07) is 7.85. The number of hydrogen-bond donors (Lipinski definition) is 3. The molecule has 5 heteroatoms. The van der Waals surface area contributed by atoms with Gasteiger partial charge in [-0.05, 0) is 50.3 Å². The van der Waals surface area contributed by atoms with Crippen LogP contribution in [0.25, 0.3) is 0 Å². The van der Waals surface area contributed by atoms with Crippen molar-refractivity contribution < 1.29 is 4.79 Å². The Kier molecular flexibility index (Phi) is 9.66. The molecule has 0 heterocycles. The van der Waals surface area contributed by atoms with Crippen LogP contribution in [0.4, 0.5) is 0 Å². The van der Waals surface area contributed by atoms with Gasteiger partial charge in [-0.1, -0.05) is 32.9 Å². The zero-order valence-electron chi connectivity index (χ0n) is 16.4. The van der Waals surface area contributed by atoms with E-state index in [4.69, 9.17) is 0 Å².